The number of ketones is 1. The van der Waals surface area contributed by atoms with Crippen molar-refractivity contribution in [3.05, 3.63) is 69.0 Å². The van der Waals surface area contributed by atoms with Gasteiger partial charge in [0.1, 0.15) is 17.1 Å². The summed E-state index contributed by atoms with van der Waals surface area (Å²) in [6.45, 7) is 6.76. The van der Waals surface area contributed by atoms with Crippen LogP contribution < -0.4 is 9.47 Å². The van der Waals surface area contributed by atoms with Gasteiger partial charge in [-0.15, -0.1) is 0 Å². The topological polar surface area (TPSA) is 105 Å². The summed E-state index contributed by atoms with van der Waals surface area (Å²) in [7, 11) is 0. The Balaban J connectivity index is 1.77. The van der Waals surface area contributed by atoms with Gasteiger partial charge in [0.25, 0.3) is 5.69 Å². The number of esters is 1. The van der Waals surface area contributed by atoms with Gasteiger partial charge in [0.15, 0.2) is 12.4 Å². The van der Waals surface area contributed by atoms with Gasteiger partial charge in [0, 0.05) is 17.7 Å². The van der Waals surface area contributed by atoms with Crippen molar-refractivity contribution in [2.75, 3.05) is 6.61 Å². The molecule has 0 saturated heterocycles. The van der Waals surface area contributed by atoms with E-state index < -0.39 is 16.5 Å². The van der Waals surface area contributed by atoms with Crippen LogP contribution in [0, 0.1) is 17.0 Å². The minimum absolute atomic E-state index is 0.0401. The van der Waals surface area contributed by atoms with Crippen LogP contribution >= 0.6 is 0 Å². The zero-order valence-corrected chi connectivity index (χ0v) is 17.1. The van der Waals surface area contributed by atoms with Gasteiger partial charge in [-0.2, -0.15) is 0 Å². The van der Waals surface area contributed by atoms with Crippen LogP contribution in [0.5, 0.6) is 11.5 Å². The van der Waals surface area contributed by atoms with Gasteiger partial charge in [-0.3, -0.25) is 14.9 Å². The third kappa shape index (κ3) is 4.65. The van der Waals surface area contributed by atoms with E-state index in [1.54, 1.807) is 39.8 Å². The maximum absolute atomic E-state index is 12.6. The van der Waals surface area contributed by atoms with Crippen molar-refractivity contribution in [1.82, 2.24) is 0 Å². The molecule has 2 aromatic rings. The van der Waals surface area contributed by atoms with Crippen LogP contribution in [-0.4, -0.2) is 28.9 Å². The molecule has 1 aliphatic heterocycles. The number of rotatable bonds is 5. The van der Waals surface area contributed by atoms with E-state index in [4.69, 9.17) is 14.2 Å². The fraction of sp³-hybridized carbons (Fsp3) is 0.273. The molecular weight excluding hydrogens is 390 g/mol. The van der Waals surface area contributed by atoms with Gasteiger partial charge in [0.2, 0.25) is 5.78 Å². The van der Waals surface area contributed by atoms with Crippen LogP contribution in [0.4, 0.5) is 5.69 Å². The standard InChI is InChI=1S/C22H21NO7/c1-13-17(28-12-19(24)30-22(2,3)4)10-9-16-20(25)18(29-21(13)16)11-14-5-7-15(8-6-14)23(26)27/h5-11H,12H2,1-4H3/b18-11-. The molecule has 1 heterocycles. The third-order valence-corrected chi connectivity index (χ3v) is 4.20. The summed E-state index contributed by atoms with van der Waals surface area (Å²) in [5.41, 5.74) is 0.903. The number of nitro groups is 1. The SMILES string of the molecule is Cc1c(OCC(=O)OC(C)(C)C)ccc2c1O/C(=C\c1ccc([N+](=O)[O-])cc1)C2=O. The lowest BCUT2D eigenvalue weighted by Gasteiger charge is -2.19. The van der Waals surface area contributed by atoms with E-state index in [9.17, 15) is 19.7 Å². The van der Waals surface area contributed by atoms with Gasteiger partial charge in [0.05, 0.1) is 10.5 Å². The number of fused-ring (bicyclic) bond motifs is 1. The number of allylic oxidation sites excluding steroid dienone is 1. The van der Waals surface area contributed by atoms with Crippen molar-refractivity contribution in [3.63, 3.8) is 0 Å². The molecule has 30 heavy (non-hydrogen) atoms. The van der Waals surface area contributed by atoms with E-state index >= 15 is 0 Å². The first-order chi connectivity index (χ1) is 14.0. The van der Waals surface area contributed by atoms with Crippen LogP contribution in [0.2, 0.25) is 0 Å². The first-order valence-corrected chi connectivity index (χ1v) is 9.22. The Morgan fingerprint density at radius 3 is 2.43 bits per heavy atom. The second-order valence-corrected chi connectivity index (χ2v) is 7.73. The highest BCUT2D eigenvalue weighted by Gasteiger charge is 2.30. The second-order valence-electron chi connectivity index (χ2n) is 7.73. The highest BCUT2D eigenvalue weighted by atomic mass is 16.6. The third-order valence-electron chi connectivity index (χ3n) is 4.20. The molecule has 0 spiro atoms. The van der Waals surface area contributed by atoms with Gasteiger partial charge < -0.3 is 14.2 Å². The molecule has 0 saturated carbocycles. The molecule has 2 aromatic carbocycles. The smallest absolute Gasteiger partial charge is 0.344 e. The molecule has 0 unspecified atom stereocenters. The largest absolute Gasteiger partial charge is 0.481 e. The molecule has 0 aromatic heterocycles. The zero-order valence-electron chi connectivity index (χ0n) is 17.1. The number of carbonyl (C=O) groups excluding carboxylic acids is 2. The molecule has 0 bridgehead atoms. The molecule has 8 nitrogen and oxygen atoms in total. The van der Waals surface area contributed by atoms with Gasteiger partial charge >= 0.3 is 5.97 Å². The van der Waals surface area contributed by atoms with Crippen molar-refractivity contribution in [2.24, 2.45) is 0 Å². The van der Waals surface area contributed by atoms with E-state index in [-0.39, 0.29) is 23.8 Å². The molecule has 0 N–H and O–H groups in total. The van der Waals surface area contributed by atoms with Crippen LogP contribution in [0.15, 0.2) is 42.2 Å². The minimum Gasteiger partial charge on any atom is -0.481 e. The van der Waals surface area contributed by atoms with Gasteiger partial charge in [-0.05, 0) is 63.6 Å². The van der Waals surface area contributed by atoms with Crippen LogP contribution in [0.3, 0.4) is 0 Å². The summed E-state index contributed by atoms with van der Waals surface area (Å²) >= 11 is 0. The maximum atomic E-state index is 12.6. The van der Waals surface area contributed by atoms with Crippen LogP contribution in [-0.2, 0) is 9.53 Å². The number of hydrogen-bond donors (Lipinski definition) is 0. The van der Waals surface area contributed by atoms with Gasteiger partial charge in [-0.1, -0.05) is 0 Å². The number of non-ortho nitro benzene ring substituents is 1. The highest BCUT2D eigenvalue weighted by Crippen LogP contribution is 2.39. The summed E-state index contributed by atoms with van der Waals surface area (Å²) in [5, 5.41) is 10.8. The first kappa shape index (κ1) is 21.0. The minimum atomic E-state index is -0.611. The van der Waals surface area contributed by atoms with E-state index in [0.29, 0.717) is 28.2 Å². The van der Waals surface area contributed by atoms with Crippen molar-refractivity contribution in [2.45, 2.75) is 33.3 Å². The average Bonchev–Trinajstić information content (AvgIpc) is 2.97. The fourth-order valence-electron chi connectivity index (χ4n) is 2.88. The highest BCUT2D eigenvalue weighted by molar-refractivity contribution is 6.15. The molecule has 0 aliphatic carbocycles. The Morgan fingerprint density at radius 2 is 1.83 bits per heavy atom. The van der Waals surface area contributed by atoms with Crippen molar-refractivity contribution in [1.29, 1.82) is 0 Å². The van der Waals surface area contributed by atoms with Crippen molar-refractivity contribution >= 4 is 23.5 Å². The van der Waals surface area contributed by atoms with E-state index in [1.807, 2.05) is 0 Å². The molecule has 156 valence electrons. The molecule has 1 aliphatic rings. The molecule has 0 atom stereocenters. The molecule has 0 amide bonds. The number of nitrogens with zero attached hydrogens (tertiary/aromatic N) is 1. The number of carbonyl (C=O) groups is 2. The summed E-state index contributed by atoms with van der Waals surface area (Å²) < 4.78 is 16.5. The number of ether oxygens (including phenoxy) is 3. The Labute approximate surface area is 173 Å². The summed E-state index contributed by atoms with van der Waals surface area (Å²) in [5.74, 6) is 0.0633. The first-order valence-electron chi connectivity index (χ1n) is 9.22. The number of Topliss-reactive ketones (excluding diaryl/α,β-unsaturated/α-hetero) is 1. The zero-order chi connectivity index (χ0) is 22.1. The Hall–Kier alpha value is -3.68. The lowest BCUT2D eigenvalue weighted by atomic mass is 10.1. The van der Waals surface area contributed by atoms with E-state index in [1.165, 1.54) is 30.3 Å². The lowest BCUT2D eigenvalue weighted by molar-refractivity contribution is -0.384. The second kappa shape index (κ2) is 7.98. The monoisotopic (exact) mass is 411 g/mol. The van der Waals surface area contributed by atoms with Crippen molar-refractivity contribution in [3.8, 4) is 11.5 Å². The van der Waals surface area contributed by atoms with E-state index in [0.717, 1.165) is 0 Å². The van der Waals surface area contributed by atoms with Crippen LogP contribution in [0.25, 0.3) is 6.08 Å². The molecule has 0 fully saturated rings. The normalized spacial score (nSPS) is 14.3. The van der Waals surface area contributed by atoms with Crippen molar-refractivity contribution < 1.29 is 28.7 Å². The molecule has 8 heteroatoms. The number of hydrogen-bond acceptors (Lipinski definition) is 7. The average molecular weight is 411 g/mol. The molecule has 3 rings (SSSR count). The quantitative estimate of drug-likeness (QED) is 0.314. The van der Waals surface area contributed by atoms with Gasteiger partial charge in [-0.25, -0.2) is 4.79 Å². The predicted octanol–water partition coefficient (Wildman–Crippen LogP) is 4.24. The van der Waals surface area contributed by atoms with Crippen LogP contribution in [0.1, 0.15) is 42.3 Å². The fourth-order valence-corrected chi connectivity index (χ4v) is 2.88. The summed E-state index contributed by atoms with van der Waals surface area (Å²) in [4.78, 5) is 34.8. The summed E-state index contributed by atoms with van der Waals surface area (Å²) in [6.07, 6.45) is 1.52. The molecular formula is C22H21NO7. The van der Waals surface area contributed by atoms with E-state index in [2.05, 4.69) is 0 Å². The Kier molecular flexibility index (Phi) is 5.60. The summed E-state index contributed by atoms with van der Waals surface area (Å²) in [6, 6.07) is 8.96. The molecule has 0 radical (unpaired) electrons. The Bertz CT molecular complexity index is 1050. The number of benzene rings is 2. The predicted molar refractivity (Wildman–Crippen MR) is 109 cm³/mol. The Morgan fingerprint density at radius 1 is 1.17 bits per heavy atom. The maximum Gasteiger partial charge on any atom is 0.344 e. The lowest BCUT2D eigenvalue weighted by Crippen LogP contribution is -2.27. The number of nitro benzene ring substituents is 1.